The number of nitrogens with zero attached hydrogens (tertiary/aromatic N) is 1. The standard InChI is InChI=1S/C22H35N2O4P/c1-22(2,3)17-4-6-18(7-5-17)28-19-8-9-20-16(14-19)10-12-24(20)21(25)15-23-11-13-29(26)27/h8-9,14,17-18,23,29H,4-7,10-13,15H2,1-3H3,(H,26,27)/t17-,18-. The minimum Gasteiger partial charge on any atom is -0.490 e. The minimum absolute atomic E-state index is 0.00414. The lowest BCUT2D eigenvalue weighted by Crippen LogP contribution is -2.37. The van der Waals surface area contributed by atoms with E-state index in [2.05, 4.69) is 32.2 Å². The second-order valence-electron chi connectivity index (χ2n) is 9.36. The van der Waals surface area contributed by atoms with Gasteiger partial charge in [-0.25, -0.2) is 0 Å². The average Bonchev–Trinajstić information content (AvgIpc) is 3.08. The van der Waals surface area contributed by atoms with Crippen LogP contribution in [0.3, 0.4) is 0 Å². The third-order valence-corrected chi connectivity index (χ3v) is 6.92. The third-order valence-electron chi connectivity index (χ3n) is 6.24. The van der Waals surface area contributed by atoms with Gasteiger partial charge in [0.05, 0.1) is 12.6 Å². The molecule has 1 unspecified atom stereocenters. The molecule has 1 amide bonds. The molecular weight excluding hydrogens is 387 g/mol. The molecule has 0 bridgehead atoms. The van der Waals surface area contributed by atoms with Crippen molar-refractivity contribution < 1.29 is 19.0 Å². The molecule has 7 heteroatoms. The van der Waals surface area contributed by atoms with E-state index in [1.165, 1.54) is 12.8 Å². The predicted octanol–water partition coefficient (Wildman–Crippen LogP) is 3.62. The van der Waals surface area contributed by atoms with Gasteiger partial charge in [-0.3, -0.25) is 9.36 Å². The molecule has 1 atom stereocenters. The molecule has 1 aliphatic heterocycles. The van der Waals surface area contributed by atoms with E-state index in [9.17, 15) is 9.36 Å². The molecule has 6 nitrogen and oxygen atoms in total. The first-order valence-corrected chi connectivity index (χ1v) is 12.3. The number of hydrogen-bond acceptors (Lipinski definition) is 4. The normalized spacial score (nSPS) is 23.0. The number of anilines is 1. The van der Waals surface area contributed by atoms with Crippen LogP contribution in [0.15, 0.2) is 18.2 Å². The van der Waals surface area contributed by atoms with E-state index in [-0.39, 0.29) is 24.7 Å². The molecule has 0 spiro atoms. The van der Waals surface area contributed by atoms with Crippen molar-refractivity contribution in [1.82, 2.24) is 5.32 Å². The lowest BCUT2D eigenvalue weighted by Gasteiger charge is -2.37. The van der Waals surface area contributed by atoms with Gasteiger partial charge < -0.3 is 19.8 Å². The van der Waals surface area contributed by atoms with E-state index in [4.69, 9.17) is 9.63 Å². The number of ether oxygens (including phenoxy) is 1. The topological polar surface area (TPSA) is 78.9 Å². The number of amides is 1. The van der Waals surface area contributed by atoms with Gasteiger partial charge in [0.1, 0.15) is 5.75 Å². The maximum Gasteiger partial charge on any atom is 0.240 e. The summed E-state index contributed by atoms with van der Waals surface area (Å²) in [5, 5.41) is 2.95. The molecule has 1 saturated carbocycles. The predicted molar refractivity (Wildman–Crippen MR) is 117 cm³/mol. The summed E-state index contributed by atoms with van der Waals surface area (Å²) in [5.41, 5.74) is 2.48. The lowest BCUT2D eigenvalue weighted by molar-refractivity contribution is -0.117. The SMILES string of the molecule is CC(C)(C)[C@H]1CC[C@H](Oc2ccc3c(c2)CCN3C(=O)CNCC[PH](=O)O)CC1. The van der Waals surface area contributed by atoms with Crippen molar-refractivity contribution in [2.24, 2.45) is 11.3 Å². The molecule has 1 aliphatic carbocycles. The summed E-state index contributed by atoms with van der Waals surface area (Å²) in [7, 11) is -2.48. The van der Waals surface area contributed by atoms with Crippen molar-refractivity contribution in [3.63, 3.8) is 0 Å². The Labute approximate surface area is 174 Å². The molecule has 1 aromatic rings. The number of hydrogen-bond donors (Lipinski definition) is 2. The van der Waals surface area contributed by atoms with Crippen LogP contribution in [0.1, 0.15) is 52.0 Å². The van der Waals surface area contributed by atoms with E-state index >= 15 is 0 Å². The second-order valence-corrected chi connectivity index (χ2v) is 10.7. The Morgan fingerprint density at radius 2 is 2.00 bits per heavy atom. The molecular formula is C22H35N2O4P. The molecule has 2 aliphatic rings. The van der Waals surface area contributed by atoms with Gasteiger partial charge in [0, 0.05) is 24.9 Å². The van der Waals surface area contributed by atoms with Gasteiger partial charge in [0.15, 0.2) is 8.03 Å². The third kappa shape index (κ3) is 6.07. The first kappa shape index (κ1) is 22.3. The van der Waals surface area contributed by atoms with E-state index in [1.807, 2.05) is 12.1 Å². The van der Waals surface area contributed by atoms with Gasteiger partial charge in [0.25, 0.3) is 0 Å². The molecule has 1 aromatic carbocycles. The number of fused-ring (bicyclic) bond motifs is 1. The number of benzene rings is 1. The number of carbonyl (C=O) groups is 1. The van der Waals surface area contributed by atoms with Crippen LogP contribution >= 0.6 is 8.03 Å². The Balaban J connectivity index is 1.52. The van der Waals surface area contributed by atoms with Crippen molar-refractivity contribution in [3.05, 3.63) is 23.8 Å². The molecule has 3 rings (SSSR count). The van der Waals surface area contributed by atoms with Gasteiger partial charge in [-0.15, -0.1) is 0 Å². The zero-order valence-electron chi connectivity index (χ0n) is 17.9. The van der Waals surface area contributed by atoms with Crippen LogP contribution in [0.4, 0.5) is 5.69 Å². The molecule has 0 saturated heterocycles. The molecule has 2 N–H and O–H groups in total. The fourth-order valence-corrected chi connectivity index (χ4v) is 4.83. The highest BCUT2D eigenvalue weighted by atomic mass is 31.1. The second kappa shape index (κ2) is 9.63. The monoisotopic (exact) mass is 422 g/mol. The van der Waals surface area contributed by atoms with Crippen molar-refractivity contribution in [2.75, 3.05) is 30.7 Å². The van der Waals surface area contributed by atoms with Gasteiger partial charge >= 0.3 is 0 Å². The Bertz CT molecular complexity index is 739. The van der Waals surface area contributed by atoms with Gasteiger partial charge in [0.2, 0.25) is 5.91 Å². The Morgan fingerprint density at radius 1 is 1.28 bits per heavy atom. The lowest BCUT2D eigenvalue weighted by atomic mass is 9.72. The van der Waals surface area contributed by atoms with Crippen LogP contribution in [-0.4, -0.2) is 42.7 Å². The smallest absolute Gasteiger partial charge is 0.240 e. The van der Waals surface area contributed by atoms with E-state index in [0.29, 0.717) is 18.5 Å². The fourth-order valence-electron chi connectivity index (χ4n) is 4.44. The summed E-state index contributed by atoms with van der Waals surface area (Å²) in [6.45, 7) is 8.23. The Hall–Kier alpha value is -1.36. The first-order valence-electron chi connectivity index (χ1n) is 10.8. The molecule has 0 aromatic heterocycles. The fraction of sp³-hybridized carbons (Fsp3) is 0.682. The molecule has 29 heavy (non-hydrogen) atoms. The van der Waals surface area contributed by atoms with Gasteiger partial charge in [-0.2, -0.15) is 0 Å². The molecule has 1 heterocycles. The van der Waals surface area contributed by atoms with Crippen molar-refractivity contribution in [2.45, 2.75) is 59.0 Å². The summed E-state index contributed by atoms with van der Waals surface area (Å²) in [6.07, 6.45) is 5.98. The summed E-state index contributed by atoms with van der Waals surface area (Å²) in [4.78, 5) is 23.1. The van der Waals surface area contributed by atoms with Crippen LogP contribution in [0.25, 0.3) is 0 Å². The highest BCUT2D eigenvalue weighted by Gasteiger charge is 2.31. The zero-order valence-corrected chi connectivity index (χ0v) is 18.9. The summed E-state index contributed by atoms with van der Waals surface area (Å²) in [5.74, 6) is 1.67. The molecule has 162 valence electrons. The molecule has 0 radical (unpaired) electrons. The Morgan fingerprint density at radius 3 is 2.66 bits per heavy atom. The van der Waals surface area contributed by atoms with Crippen LogP contribution in [-0.2, 0) is 15.8 Å². The van der Waals surface area contributed by atoms with E-state index in [0.717, 1.165) is 42.2 Å². The van der Waals surface area contributed by atoms with E-state index < -0.39 is 8.03 Å². The number of nitrogens with one attached hydrogen (secondary N) is 1. The highest BCUT2D eigenvalue weighted by molar-refractivity contribution is 7.38. The number of rotatable bonds is 7. The zero-order chi connectivity index (χ0) is 21.0. The summed E-state index contributed by atoms with van der Waals surface area (Å²) >= 11 is 0. The van der Waals surface area contributed by atoms with Crippen molar-refractivity contribution in [1.29, 1.82) is 0 Å². The van der Waals surface area contributed by atoms with Crippen molar-refractivity contribution in [3.8, 4) is 5.75 Å². The first-order chi connectivity index (χ1) is 13.7. The Kier molecular flexibility index (Phi) is 7.42. The number of carbonyl (C=O) groups excluding carboxylic acids is 1. The summed E-state index contributed by atoms with van der Waals surface area (Å²) in [6, 6.07) is 6.05. The van der Waals surface area contributed by atoms with Crippen molar-refractivity contribution >= 4 is 19.6 Å². The van der Waals surface area contributed by atoms with Crippen LogP contribution < -0.4 is 15.0 Å². The largest absolute Gasteiger partial charge is 0.490 e. The van der Waals surface area contributed by atoms with Gasteiger partial charge in [-0.05, 0) is 67.2 Å². The quantitative estimate of drug-likeness (QED) is 0.518. The van der Waals surface area contributed by atoms with Gasteiger partial charge in [-0.1, -0.05) is 20.8 Å². The molecule has 1 fully saturated rings. The summed E-state index contributed by atoms with van der Waals surface area (Å²) < 4.78 is 17.0. The maximum atomic E-state index is 12.5. The average molecular weight is 423 g/mol. The van der Waals surface area contributed by atoms with Crippen LogP contribution in [0.5, 0.6) is 5.75 Å². The minimum atomic E-state index is -2.48. The van der Waals surface area contributed by atoms with Crippen LogP contribution in [0, 0.1) is 11.3 Å². The van der Waals surface area contributed by atoms with Crippen LogP contribution in [0.2, 0.25) is 0 Å². The maximum absolute atomic E-state index is 12.5. The van der Waals surface area contributed by atoms with E-state index in [1.54, 1.807) is 4.90 Å². The highest BCUT2D eigenvalue weighted by Crippen LogP contribution is 2.39.